The van der Waals surface area contributed by atoms with Gasteiger partial charge in [-0.2, -0.15) is 0 Å². The molecule has 0 bridgehead atoms. The summed E-state index contributed by atoms with van der Waals surface area (Å²) in [6.45, 7) is 7.70. The van der Waals surface area contributed by atoms with Gasteiger partial charge in [0.25, 0.3) is 5.91 Å². The van der Waals surface area contributed by atoms with Gasteiger partial charge in [-0.3, -0.25) is 14.4 Å². The van der Waals surface area contributed by atoms with Crippen molar-refractivity contribution in [3.05, 3.63) is 58.5 Å². The van der Waals surface area contributed by atoms with Gasteiger partial charge < -0.3 is 14.5 Å². The van der Waals surface area contributed by atoms with Crippen molar-refractivity contribution in [2.75, 3.05) is 6.54 Å². The maximum absolute atomic E-state index is 12.6. The predicted octanol–water partition coefficient (Wildman–Crippen LogP) is 3.53. The van der Waals surface area contributed by atoms with Gasteiger partial charge in [0.2, 0.25) is 5.78 Å². The van der Waals surface area contributed by atoms with Gasteiger partial charge in [0, 0.05) is 18.5 Å². The van der Waals surface area contributed by atoms with E-state index in [0.29, 0.717) is 18.5 Å². The van der Waals surface area contributed by atoms with Gasteiger partial charge in [0.15, 0.2) is 11.9 Å². The molecule has 0 aliphatic heterocycles. The second kappa shape index (κ2) is 9.16. The van der Waals surface area contributed by atoms with Gasteiger partial charge in [-0.05, 0) is 69.0 Å². The van der Waals surface area contributed by atoms with Crippen LogP contribution in [-0.4, -0.2) is 30.3 Å². The molecule has 1 aromatic heterocycles. The Morgan fingerprint density at radius 1 is 1.11 bits per heavy atom. The molecule has 1 N–H and O–H groups in total. The molecule has 0 radical (unpaired) electrons. The summed E-state index contributed by atoms with van der Waals surface area (Å²) < 4.78 is 10.2. The van der Waals surface area contributed by atoms with Crippen molar-refractivity contribution in [1.29, 1.82) is 0 Å². The Hall–Kier alpha value is -2.89. The summed E-state index contributed by atoms with van der Waals surface area (Å²) in [7, 11) is 0. The summed E-state index contributed by atoms with van der Waals surface area (Å²) in [6.07, 6.45) is 1.09. The van der Waals surface area contributed by atoms with Crippen LogP contribution >= 0.6 is 0 Å². The first-order valence-corrected chi connectivity index (χ1v) is 8.93. The van der Waals surface area contributed by atoms with Crippen molar-refractivity contribution in [3.8, 4) is 0 Å². The first kappa shape index (κ1) is 20.4. The summed E-state index contributed by atoms with van der Waals surface area (Å²) in [5.41, 5.74) is 3.58. The number of carbonyl (C=O) groups is 3. The van der Waals surface area contributed by atoms with Crippen LogP contribution in [0.1, 0.15) is 57.4 Å². The first-order chi connectivity index (χ1) is 12.8. The number of Topliss-reactive ketones (excluding diaryl/α,β-unsaturated/α-hetero) is 1. The normalized spacial score (nSPS) is 11.7. The minimum atomic E-state index is -0.851. The van der Waals surface area contributed by atoms with Crippen LogP contribution in [0.2, 0.25) is 0 Å². The number of hydrogen-bond donors (Lipinski definition) is 1. The third-order valence-corrected chi connectivity index (χ3v) is 4.37. The van der Waals surface area contributed by atoms with Crippen molar-refractivity contribution in [3.63, 3.8) is 0 Å². The molecule has 0 aliphatic carbocycles. The third kappa shape index (κ3) is 5.54. The Morgan fingerprint density at radius 3 is 2.48 bits per heavy atom. The van der Waals surface area contributed by atoms with E-state index in [9.17, 15) is 14.4 Å². The van der Waals surface area contributed by atoms with E-state index in [1.54, 1.807) is 19.1 Å². The summed E-state index contributed by atoms with van der Waals surface area (Å²) in [4.78, 5) is 36.2. The summed E-state index contributed by atoms with van der Waals surface area (Å²) in [5, 5.41) is 2.65. The molecule has 0 saturated carbocycles. The number of aryl methyl sites for hydroxylation is 3. The second-order valence-corrected chi connectivity index (χ2v) is 6.58. The monoisotopic (exact) mass is 371 g/mol. The number of carbonyl (C=O) groups excluding carboxylic acids is 3. The number of esters is 1. The Balaban J connectivity index is 1.79. The third-order valence-electron chi connectivity index (χ3n) is 4.37. The summed E-state index contributed by atoms with van der Waals surface area (Å²) in [5.74, 6) is -0.789. The van der Waals surface area contributed by atoms with Crippen LogP contribution in [0.15, 0.2) is 34.9 Å². The summed E-state index contributed by atoms with van der Waals surface area (Å²) >= 11 is 0. The number of amides is 1. The molecule has 0 fully saturated rings. The fraction of sp³-hybridized carbons (Fsp3) is 0.381. The molecule has 1 atom stereocenters. The Labute approximate surface area is 158 Å². The average Bonchev–Trinajstić information content (AvgIpc) is 3.15. The standard InChI is InChI=1S/C21H25NO5/c1-13-11-15(3)17(12-14(13)2)20(24)16(4)27-19(23)8-5-9-22-21(25)18-7-6-10-26-18/h6-7,10-12,16H,5,8-9H2,1-4H3,(H,22,25). The lowest BCUT2D eigenvalue weighted by molar-refractivity contribution is -0.146. The quantitative estimate of drug-likeness (QED) is 0.436. The molecule has 1 aromatic carbocycles. The first-order valence-electron chi connectivity index (χ1n) is 8.93. The van der Waals surface area contributed by atoms with Crippen LogP contribution < -0.4 is 5.32 Å². The molecule has 1 unspecified atom stereocenters. The molecule has 0 spiro atoms. The largest absolute Gasteiger partial charge is 0.459 e. The minimum absolute atomic E-state index is 0.113. The van der Waals surface area contributed by atoms with Crippen molar-refractivity contribution in [1.82, 2.24) is 5.32 Å². The van der Waals surface area contributed by atoms with E-state index in [-0.39, 0.29) is 23.9 Å². The fourth-order valence-electron chi connectivity index (χ4n) is 2.68. The number of benzene rings is 1. The average molecular weight is 371 g/mol. The zero-order chi connectivity index (χ0) is 20.0. The van der Waals surface area contributed by atoms with Crippen LogP contribution in [0.25, 0.3) is 0 Å². The molecule has 6 nitrogen and oxygen atoms in total. The summed E-state index contributed by atoms with van der Waals surface area (Å²) in [6, 6.07) is 6.98. The van der Waals surface area contributed by atoms with E-state index in [1.165, 1.54) is 6.26 Å². The lowest BCUT2D eigenvalue weighted by Gasteiger charge is -2.15. The molecule has 2 rings (SSSR count). The maximum atomic E-state index is 12.6. The smallest absolute Gasteiger partial charge is 0.306 e. The SMILES string of the molecule is Cc1cc(C)c(C(=O)C(C)OC(=O)CCCNC(=O)c2ccco2)cc1C. The van der Waals surface area contributed by atoms with Gasteiger partial charge >= 0.3 is 5.97 Å². The second-order valence-electron chi connectivity index (χ2n) is 6.58. The van der Waals surface area contributed by atoms with E-state index < -0.39 is 12.1 Å². The van der Waals surface area contributed by atoms with Crippen LogP contribution in [0.3, 0.4) is 0 Å². The zero-order valence-electron chi connectivity index (χ0n) is 16.1. The van der Waals surface area contributed by atoms with Gasteiger partial charge in [-0.25, -0.2) is 0 Å². The van der Waals surface area contributed by atoms with Gasteiger partial charge in [0.1, 0.15) is 0 Å². The van der Waals surface area contributed by atoms with Gasteiger partial charge in [0.05, 0.1) is 6.26 Å². The van der Waals surface area contributed by atoms with E-state index >= 15 is 0 Å². The van der Waals surface area contributed by atoms with Gasteiger partial charge in [-0.15, -0.1) is 0 Å². The van der Waals surface area contributed by atoms with E-state index in [1.807, 2.05) is 32.9 Å². The minimum Gasteiger partial charge on any atom is -0.459 e. The number of hydrogen-bond acceptors (Lipinski definition) is 5. The molecule has 2 aromatic rings. The van der Waals surface area contributed by atoms with Crippen molar-refractivity contribution in [2.24, 2.45) is 0 Å². The van der Waals surface area contributed by atoms with Crippen molar-refractivity contribution in [2.45, 2.75) is 46.6 Å². The van der Waals surface area contributed by atoms with Crippen LogP contribution in [0.5, 0.6) is 0 Å². The molecular weight excluding hydrogens is 346 g/mol. The molecule has 0 saturated heterocycles. The number of rotatable bonds is 8. The number of nitrogens with one attached hydrogen (secondary N) is 1. The molecule has 27 heavy (non-hydrogen) atoms. The Bertz CT molecular complexity index is 823. The van der Waals surface area contributed by atoms with Crippen molar-refractivity contribution < 1.29 is 23.5 Å². The number of ether oxygens (including phenoxy) is 1. The molecular formula is C21H25NO5. The van der Waals surface area contributed by atoms with Gasteiger partial charge in [-0.1, -0.05) is 6.07 Å². The lowest BCUT2D eigenvalue weighted by Crippen LogP contribution is -2.27. The van der Waals surface area contributed by atoms with E-state index in [2.05, 4.69) is 5.32 Å². The Kier molecular flexibility index (Phi) is 6.93. The maximum Gasteiger partial charge on any atom is 0.306 e. The molecule has 144 valence electrons. The Morgan fingerprint density at radius 2 is 1.81 bits per heavy atom. The topological polar surface area (TPSA) is 85.6 Å². The van der Waals surface area contributed by atoms with E-state index in [4.69, 9.17) is 9.15 Å². The highest BCUT2D eigenvalue weighted by molar-refractivity contribution is 6.01. The molecule has 1 amide bonds. The zero-order valence-corrected chi connectivity index (χ0v) is 16.1. The highest BCUT2D eigenvalue weighted by Crippen LogP contribution is 2.18. The lowest BCUT2D eigenvalue weighted by atomic mass is 9.96. The molecule has 6 heteroatoms. The molecule has 1 heterocycles. The van der Waals surface area contributed by atoms with Crippen LogP contribution in [0, 0.1) is 20.8 Å². The van der Waals surface area contributed by atoms with Crippen molar-refractivity contribution >= 4 is 17.7 Å². The number of ketones is 1. The fourth-order valence-corrected chi connectivity index (χ4v) is 2.68. The van der Waals surface area contributed by atoms with Crippen LogP contribution in [0.4, 0.5) is 0 Å². The predicted molar refractivity (Wildman–Crippen MR) is 101 cm³/mol. The van der Waals surface area contributed by atoms with E-state index in [0.717, 1.165) is 16.7 Å². The molecule has 0 aliphatic rings. The highest BCUT2D eigenvalue weighted by atomic mass is 16.5. The number of furan rings is 1. The highest BCUT2D eigenvalue weighted by Gasteiger charge is 2.21. The van der Waals surface area contributed by atoms with Crippen LogP contribution in [-0.2, 0) is 9.53 Å².